The van der Waals surface area contributed by atoms with E-state index in [0.717, 1.165) is 43.0 Å². The molecule has 29 heavy (non-hydrogen) atoms. The minimum absolute atomic E-state index is 0.0685. The number of nitrogens with zero attached hydrogens (tertiary/aromatic N) is 6. The highest BCUT2D eigenvalue weighted by molar-refractivity contribution is 6.30. The molecule has 10 heteroatoms. The molecule has 1 saturated heterocycles. The molecule has 0 amide bonds. The van der Waals surface area contributed by atoms with Gasteiger partial charge >= 0.3 is 6.18 Å². The molecular formula is C19H20ClF3N6. The molecule has 1 unspecified atom stereocenters. The van der Waals surface area contributed by atoms with Crippen molar-refractivity contribution in [1.82, 2.24) is 24.6 Å². The Balaban J connectivity index is 1.69. The molecule has 1 fully saturated rings. The van der Waals surface area contributed by atoms with Crippen molar-refractivity contribution in [2.24, 2.45) is 0 Å². The van der Waals surface area contributed by atoms with Gasteiger partial charge in [0.25, 0.3) is 0 Å². The van der Waals surface area contributed by atoms with Crippen LogP contribution >= 0.6 is 11.6 Å². The fourth-order valence-corrected chi connectivity index (χ4v) is 4.19. The Morgan fingerprint density at radius 2 is 2.00 bits per heavy atom. The quantitative estimate of drug-likeness (QED) is 0.581. The van der Waals surface area contributed by atoms with E-state index in [1.165, 1.54) is 10.5 Å². The van der Waals surface area contributed by atoms with Gasteiger partial charge in [0.15, 0.2) is 5.65 Å². The van der Waals surface area contributed by atoms with Crippen LogP contribution in [0.15, 0.2) is 18.3 Å². The third kappa shape index (κ3) is 3.75. The summed E-state index contributed by atoms with van der Waals surface area (Å²) >= 11 is 6.32. The summed E-state index contributed by atoms with van der Waals surface area (Å²) in [5, 5.41) is 8.71. The van der Waals surface area contributed by atoms with Crippen molar-refractivity contribution >= 4 is 23.1 Å². The van der Waals surface area contributed by atoms with E-state index in [4.69, 9.17) is 11.6 Å². The Bertz CT molecular complexity index is 1050. The molecule has 0 aliphatic carbocycles. The van der Waals surface area contributed by atoms with Crippen molar-refractivity contribution in [1.29, 1.82) is 0 Å². The van der Waals surface area contributed by atoms with Gasteiger partial charge in [0.05, 0.1) is 5.56 Å². The summed E-state index contributed by atoms with van der Waals surface area (Å²) in [5.41, 5.74) is 0.564. The zero-order valence-electron chi connectivity index (χ0n) is 16.0. The van der Waals surface area contributed by atoms with Gasteiger partial charge in [-0.25, -0.2) is 9.97 Å². The third-order valence-electron chi connectivity index (χ3n) is 5.24. The molecule has 0 N–H and O–H groups in total. The van der Waals surface area contributed by atoms with Crippen LogP contribution in [0.25, 0.3) is 5.65 Å². The van der Waals surface area contributed by atoms with Crippen molar-refractivity contribution in [3.05, 3.63) is 46.3 Å². The van der Waals surface area contributed by atoms with Gasteiger partial charge in [-0.05, 0) is 38.3 Å². The Labute approximate surface area is 170 Å². The Morgan fingerprint density at radius 1 is 1.21 bits per heavy atom. The Kier molecular flexibility index (Phi) is 5.10. The maximum Gasteiger partial charge on any atom is 0.417 e. The average Bonchev–Trinajstić information content (AvgIpc) is 3.10. The second kappa shape index (κ2) is 7.44. The molecule has 4 heterocycles. The first kappa shape index (κ1) is 19.9. The van der Waals surface area contributed by atoms with E-state index in [1.54, 1.807) is 6.92 Å². The van der Waals surface area contributed by atoms with Gasteiger partial charge in [-0.15, -0.1) is 10.2 Å². The van der Waals surface area contributed by atoms with Crippen LogP contribution in [-0.2, 0) is 12.6 Å². The van der Waals surface area contributed by atoms with Crippen LogP contribution in [0, 0.1) is 6.92 Å². The molecule has 154 valence electrons. The number of halogens is 4. The van der Waals surface area contributed by atoms with E-state index >= 15 is 0 Å². The second-order valence-corrected chi connectivity index (χ2v) is 7.56. The molecule has 1 aliphatic heterocycles. The molecule has 6 nitrogen and oxygen atoms in total. The van der Waals surface area contributed by atoms with Crippen LogP contribution in [0.3, 0.4) is 0 Å². The van der Waals surface area contributed by atoms with Gasteiger partial charge in [0, 0.05) is 30.8 Å². The number of piperidine rings is 1. The van der Waals surface area contributed by atoms with E-state index in [2.05, 4.69) is 25.1 Å². The van der Waals surface area contributed by atoms with E-state index in [0.29, 0.717) is 35.4 Å². The maximum atomic E-state index is 13.1. The minimum atomic E-state index is -4.42. The molecule has 1 atom stereocenters. The zero-order chi connectivity index (χ0) is 20.8. The highest BCUT2D eigenvalue weighted by atomic mass is 35.5. The average molecular weight is 425 g/mol. The minimum Gasteiger partial charge on any atom is -0.356 e. The van der Waals surface area contributed by atoms with Crippen LogP contribution in [0.4, 0.5) is 19.0 Å². The first-order valence-corrected chi connectivity index (χ1v) is 9.85. The highest BCUT2D eigenvalue weighted by Gasteiger charge is 2.32. The largest absolute Gasteiger partial charge is 0.417 e. The first-order valence-electron chi connectivity index (χ1n) is 9.47. The number of hydrogen-bond acceptors (Lipinski definition) is 5. The fraction of sp³-hybridized carbons (Fsp3) is 0.474. The van der Waals surface area contributed by atoms with Gasteiger partial charge in [0.2, 0.25) is 0 Å². The highest BCUT2D eigenvalue weighted by Crippen LogP contribution is 2.34. The summed E-state index contributed by atoms with van der Waals surface area (Å²) in [6.45, 7) is 5.16. The van der Waals surface area contributed by atoms with E-state index in [-0.39, 0.29) is 5.92 Å². The standard InChI is InChI=1S/C19H20ClF3N6/c1-3-14-16(20)24-11(2)25-18(14)28-8-4-5-12(9-28)17-27-26-15-7-6-13(10-29(15)17)19(21,22)23/h6-7,10,12H,3-5,8-9H2,1-2H3. The first-order chi connectivity index (χ1) is 13.8. The topological polar surface area (TPSA) is 59.2 Å². The number of hydrogen-bond donors (Lipinski definition) is 0. The number of pyridine rings is 1. The van der Waals surface area contributed by atoms with E-state index in [9.17, 15) is 13.2 Å². The molecule has 0 saturated carbocycles. The van der Waals surface area contributed by atoms with Gasteiger partial charge in [0.1, 0.15) is 22.6 Å². The van der Waals surface area contributed by atoms with E-state index in [1.807, 2.05) is 6.92 Å². The number of aromatic nitrogens is 5. The van der Waals surface area contributed by atoms with Crippen LogP contribution in [-0.4, -0.2) is 37.7 Å². The lowest BCUT2D eigenvalue weighted by molar-refractivity contribution is -0.137. The summed E-state index contributed by atoms with van der Waals surface area (Å²) in [5.74, 6) is 1.85. The van der Waals surface area contributed by atoms with Crippen LogP contribution in [0.2, 0.25) is 5.15 Å². The molecule has 0 spiro atoms. The monoisotopic (exact) mass is 424 g/mol. The number of aryl methyl sites for hydroxylation is 1. The SMILES string of the molecule is CCc1c(Cl)nc(C)nc1N1CCCC(c2nnc3ccc(C(F)(F)F)cn23)C1. The van der Waals surface area contributed by atoms with Crippen LogP contribution in [0.5, 0.6) is 0 Å². The molecule has 3 aromatic rings. The molecule has 0 radical (unpaired) electrons. The second-order valence-electron chi connectivity index (χ2n) is 7.20. The van der Waals surface area contributed by atoms with Crippen LogP contribution < -0.4 is 4.90 Å². The van der Waals surface area contributed by atoms with Crippen molar-refractivity contribution in [2.45, 2.75) is 45.2 Å². The van der Waals surface area contributed by atoms with Crippen molar-refractivity contribution in [3.8, 4) is 0 Å². The lowest BCUT2D eigenvalue weighted by atomic mass is 9.96. The number of rotatable bonds is 3. The summed E-state index contributed by atoms with van der Waals surface area (Å²) < 4.78 is 40.9. The molecule has 0 aromatic carbocycles. The van der Waals surface area contributed by atoms with Crippen LogP contribution in [0.1, 0.15) is 48.5 Å². The Hall–Kier alpha value is -2.42. The summed E-state index contributed by atoms with van der Waals surface area (Å²) in [4.78, 5) is 11.0. The molecular weight excluding hydrogens is 405 g/mol. The van der Waals surface area contributed by atoms with Gasteiger partial charge in [-0.3, -0.25) is 4.40 Å². The number of anilines is 1. The predicted molar refractivity (Wildman–Crippen MR) is 103 cm³/mol. The van der Waals surface area contributed by atoms with Crippen molar-refractivity contribution in [3.63, 3.8) is 0 Å². The lowest BCUT2D eigenvalue weighted by Crippen LogP contribution is -2.36. The molecule has 4 rings (SSSR count). The number of alkyl halides is 3. The number of fused-ring (bicyclic) bond motifs is 1. The maximum absolute atomic E-state index is 13.1. The van der Waals surface area contributed by atoms with Crippen molar-refractivity contribution in [2.75, 3.05) is 18.0 Å². The third-order valence-corrected chi connectivity index (χ3v) is 5.55. The van der Waals surface area contributed by atoms with Crippen molar-refractivity contribution < 1.29 is 13.2 Å². The molecule has 1 aliphatic rings. The zero-order valence-corrected chi connectivity index (χ0v) is 16.8. The lowest BCUT2D eigenvalue weighted by Gasteiger charge is -2.34. The van der Waals surface area contributed by atoms with Gasteiger partial charge in [-0.1, -0.05) is 18.5 Å². The summed E-state index contributed by atoms with van der Waals surface area (Å²) in [7, 11) is 0. The Morgan fingerprint density at radius 3 is 2.72 bits per heavy atom. The molecule has 3 aromatic heterocycles. The summed E-state index contributed by atoms with van der Waals surface area (Å²) in [6.07, 6.45) is -0.972. The van der Waals surface area contributed by atoms with Gasteiger partial charge in [-0.2, -0.15) is 13.2 Å². The predicted octanol–water partition coefficient (Wildman–Crippen LogP) is 4.45. The summed E-state index contributed by atoms with van der Waals surface area (Å²) in [6, 6.07) is 2.38. The normalized spacial score (nSPS) is 17.9. The molecule has 0 bridgehead atoms. The smallest absolute Gasteiger partial charge is 0.356 e. The fourth-order valence-electron chi connectivity index (χ4n) is 3.85. The van der Waals surface area contributed by atoms with E-state index < -0.39 is 11.7 Å². The van der Waals surface area contributed by atoms with Gasteiger partial charge < -0.3 is 4.90 Å².